The molecule has 2 fully saturated rings. The highest BCUT2D eigenvalue weighted by molar-refractivity contribution is 5.01. The van der Waals surface area contributed by atoms with Crippen LogP contribution in [0, 0.1) is 0 Å². The quantitative estimate of drug-likeness (QED) is 0.853. The molecule has 1 aliphatic heterocycles. The Labute approximate surface area is 113 Å². The van der Waals surface area contributed by atoms with E-state index in [0.29, 0.717) is 25.7 Å². The SMILES string of the molecule is OC1CN(Cc2ccn(C3CCCCC3)n2)CC1O. The average molecular weight is 265 g/mol. The zero-order chi connectivity index (χ0) is 13.2. The molecule has 1 aliphatic carbocycles. The molecule has 2 heterocycles. The first-order valence-electron chi connectivity index (χ1n) is 7.35. The predicted molar refractivity (Wildman–Crippen MR) is 71.6 cm³/mol. The summed E-state index contributed by atoms with van der Waals surface area (Å²) < 4.78 is 2.11. The van der Waals surface area contributed by atoms with Gasteiger partial charge in [-0.15, -0.1) is 0 Å². The molecule has 0 spiro atoms. The van der Waals surface area contributed by atoms with Gasteiger partial charge in [-0.1, -0.05) is 19.3 Å². The number of β-amino-alcohol motifs (C(OH)–C–C–N with tert-alkyl or cyclic N) is 2. The third-order valence-electron chi connectivity index (χ3n) is 4.33. The maximum atomic E-state index is 9.54. The minimum absolute atomic E-state index is 0.539. The molecule has 2 N–H and O–H groups in total. The van der Waals surface area contributed by atoms with Crippen LogP contribution in [0.5, 0.6) is 0 Å². The molecule has 1 aromatic rings. The second kappa shape index (κ2) is 5.61. The van der Waals surface area contributed by atoms with E-state index in [-0.39, 0.29) is 0 Å². The standard InChI is InChI=1S/C14H23N3O2/c18-13-9-16(10-14(13)19)8-11-6-7-17(15-11)12-4-2-1-3-5-12/h6-7,12-14,18-19H,1-5,8-10H2. The van der Waals surface area contributed by atoms with Gasteiger partial charge >= 0.3 is 0 Å². The first-order valence-corrected chi connectivity index (χ1v) is 7.35. The van der Waals surface area contributed by atoms with Gasteiger partial charge in [-0.25, -0.2) is 0 Å². The first-order chi connectivity index (χ1) is 9.22. The van der Waals surface area contributed by atoms with E-state index in [2.05, 4.69) is 26.9 Å². The van der Waals surface area contributed by atoms with Crippen LogP contribution in [0.3, 0.4) is 0 Å². The Balaban J connectivity index is 1.59. The summed E-state index contributed by atoms with van der Waals surface area (Å²) in [5.74, 6) is 0. The molecule has 1 saturated carbocycles. The Morgan fingerprint density at radius 2 is 1.79 bits per heavy atom. The fraction of sp³-hybridized carbons (Fsp3) is 0.786. The molecule has 0 bridgehead atoms. The van der Waals surface area contributed by atoms with Crippen molar-refractivity contribution in [2.24, 2.45) is 0 Å². The molecule has 0 aromatic carbocycles. The monoisotopic (exact) mass is 265 g/mol. The Morgan fingerprint density at radius 3 is 2.47 bits per heavy atom. The summed E-state index contributed by atoms with van der Waals surface area (Å²) in [5.41, 5.74) is 1.03. The van der Waals surface area contributed by atoms with Gasteiger partial charge in [0.25, 0.3) is 0 Å². The topological polar surface area (TPSA) is 61.5 Å². The zero-order valence-corrected chi connectivity index (χ0v) is 11.3. The molecule has 1 aromatic heterocycles. The van der Waals surface area contributed by atoms with Crippen molar-refractivity contribution < 1.29 is 10.2 Å². The molecule has 5 nitrogen and oxygen atoms in total. The molecular formula is C14H23N3O2. The molecule has 3 rings (SSSR count). The van der Waals surface area contributed by atoms with E-state index in [0.717, 1.165) is 5.69 Å². The Kier molecular flexibility index (Phi) is 3.86. The van der Waals surface area contributed by atoms with Crippen molar-refractivity contribution in [3.8, 4) is 0 Å². The summed E-state index contributed by atoms with van der Waals surface area (Å²) in [6.07, 6.45) is 7.31. The van der Waals surface area contributed by atoms with Gasteiger partial charge in [-0.3, -0.25) is 9.58 Å². The molecule has 0 amide bonds. The Hall–Kier alpha value is -0.910. The number of aliphatic hydroxyl groups excluding tert-OH is 2. The summed E-state index contributed by atoms with van der Waals surface area (Å²) in [5, 5.41) is 23.7. The van der Waals surface area contributed by atoms with Crippen LogP contribution in [-0.4, -0.2) is 50.2 Å². The highest BCUT2D eigenvalue weighted by Crippen LogP contribution is 2.27. The highest BCUT2D eigenvalue weighted by Gasteiger charge is 2.29. The van der Waals surface area contributed by atoms with Crippen LogP contribution in [0.2, 0.25) is 0 Å². The van der Waals surface area contributed by atoms with Gasteiger partial charge in [-0.05, 0) is 18.9 Å². The second-order valence-corrected chi connectivity index (χ2v) is 5.91. The van der Waals surface area contributed by atoms with Crippen LogP contribution in [0.1, 0.15) is 43.8 Å². The number of nitrogens with zero attached hydrogens (tertiary/aromatic N) is 3. The van der Waals surface area contributed by atoms with Crippen LogP contribution < -0.4 is 0 Å². The van der Waals surface area contributed by atoms with Crippen LogP contribution in [0.25, 0.3) is 0 Å². The molecule has 0 radical (unpaired) electrons. The Morgan fingerprint density at radius 1 is 1.11 bits per heavy atom. The lowest BCUT2D eigenvalue weighted by atomic mass is 9.96. The second-order valence-electron chi connectivity index (χ2n) is 5.91. The van der Waals surface area contributed by atoms with Crippen LogP contribution >= 0.6 is 0 Å². The fourth-order valence-electron chi connectivity index (χ4n) is 3.22. The van der Waals surface area contributed by atoms with Gasteiger partial charge in [0.05, 0.1) is 23.9 Å². The van der Waals surface area contributed by atoms with E-state index >= 15 is 0 Å². The van der Waals surface area contributed by atoms with Crippen molar-refractivity contribution >= 4 is 0 Å². The van der Waals surface area contributed by atoms with Gasteiger partial charge in [0.1, 0.15) is 0 Å². The van der Waals surface area contributed by atoms with Crippen molar-refractivity contribution in [1.82, 2.24) is 14.7 Å². The minimum atomic E-state index is -0.611. The number of aliphatic hydroxyl groups is 2. The van der Waals surface area contributed by atoms with Crippen molar-refractivity contribution in [2.75, 3.05) is 13.1 Å². The molecule has 19 heavy (non-hydrogen) atoms. The van der Waals surface area contributed by atoms with E-state index < -0.39 is 12.2 Å². The van der Waals surface area contributed by atoms with Gasteiger partial charge in [0, 0.05) is 25.8 Å². The maximum absolute atomic E-state index is 9.54. The molecule has 2 atom stereocenters. The highest BCUT2D eigenvalue weighted by atomic mass is 16.3. The minimum Gasteiger partial charge on any atom is -0.389 e. The third kappa shape index (κ3) is 2.99. The summed E-state index contributed by atoms with van der Waals surface area (Å²) in [7, 11) is 0. The summed E-state index contributed by atoms with van der Waals surface area (Å²) in [4.78, 5) is 2.06. The summed E-state index contributed by atoms with van der Waals surface area (Å²) in [6, 6.07) is 2.63. The van der Waals surface area contributed by atoms with E-state index in [9.17, 15) is 10.2 Å². The third-order valence-corrected chi connectivity index (χ3v) is 4.33. The number of aromatic nitrogens is 2. The van der Waals surface area contributed by atoms with Gasteiger partial charge in [0.15, 0.2) is 0 Å². The van der Waals surface area contributed by atoms with Gasteiger partial charge in [0.2, 0.25) is 0 Å². The van der Waals surface area contributed by atoms with Crippen LogP contribution in [-0.2, 0) is 6.54 Å². The number of likely N-dealkylation sites (tertiary alicyclic amines) is 1. The van der Waals surface area contributed by atoms with E-state index in [1.165, 1.54) is 32.1 Å². The summed E-state index contributed by atoms with van der Waals surface area (Å²) in [6.45, 7) is 1.79. The largest absolute Gasteiger partial charge is 0.389 e. The first kappa shape index (κ1) is 13.1. The van der Waals surface area contributed by atoms with Crippen molar-refractivity contribution in [3.05, 3.63) is 18.0 Å². The van der Waals surface area contributed by atoms with E-state index in [1.54, 1.807) is 0 Å². The van der Waals surface area contributed by atoms with Crippen molar-refractivity contribution in [3.63, 3.8) is 0 Å². The molecule has 2 aliphatic rings. The maximum Gasteiger partial charge on any atom is 0.0938 e. The molecule has 2 unspecified atom stereocenters. The average Bonchev–Trinajstić information content (AvgIpc) is 2.99. The Bertz CT molecular complexity index is 405. The summed E-state index contributed by atoms with van der Waals surface area (Å²) >= 11 is 0. The fourth-order valence-corrected chi connectivity index (χ4v) is 3.22. The van der Waals surface area contributed by atoms with Crippen LogP contribution in [0.4, 0.5) is 0 Å². The number of hydrogen-bond acceptors (Lipinski definition) is 4. The molecule has 106 valence electrons. The van der Waals surface area contributed by atoms with Crippen LogP contribution in [0.15, 0.2) is 12.3 Å². The normalized spacial score (nSPS) is 30.0. The van der Waals surface area contributed by atoms with E-state index in [1.807, 2.05) is 0 Å². The van der Waals surface area contributed by atoms with Gasteiger partial charge < -0.3 is 10.2 Å². The van der Waals surface area contributed by atoms with Crippen molar-refractivity contribution in [2.45, 2.75) is 56.9 Å². The van der Waals surface area contributed by atoms with Gasteiger partial charge in [-0.2, -0.15) is 5.10 Å². The zero-order valence-electron chi connectivity index (χ0n) is 11.3. The van der Waals surface area contributed by atoms with E-state index in [4.69, 9.17) is 0 Å². The molecular weight excluding hydrogens is 242 g/mol. The lowest BCUT2D eigenvalue weighted by Crippen LogP contribution is -2.22. The predicted octanol–water partition coefficient (Wildman–Crippen LogP) is 0.926. The molecule has 1 saturated heterocycles. The van der Waals surface area contributed by atoms with Crippen molar-refractivity contribution in [1.29, 1.82) is 0 Å². The smallest absolute Gasteiger partial charge is 0.0938 e. The lowest BCUT2D eigenvalue weighted by molar-refractivity contribution is 0.0572. The number of hydrogen-bond donors (Lipinski definition) is 2. The lowest BCUT2D eigenvalue weighted by Gasteiger charge is -2.22. The molecule has 5 heteroatoms. The number of rotatable bonds is 3.